The number of aliphatic carboxylic acids is 1. The molecular weight excluding hydrogens is 222 g/mol. The van der Waals surface area contributed by atoms with Crippen LogP contribution in [0.2, 0.25) is 0 Å². The first-order valence-corrected chi connectivity index (χ1v) is 5.73. The summed E-state index contributed by atoms with van der Waals surface area (Å²) in [6.45, 7) is 1.95. The van der Waals surface area contributed by atoms with Gasteiger partial charge in [0.15, 0.2) is 0 Å². The Kier molecular flexibility index (Phi) is 3.00. The lowest BCUT2D eigenvalue weighted by Gasteiger charge is -2.19. The van der Waals surface area contributed by atoms with Crippen LogP contribution in [0, 0.1) is 11.8 Å². The van der Waals surface area contributed by atoms with Gasteiger partial charge in [-0.05, 0) is 19.8 Å². The number of likely N-dealkylation sites (tertiary alicyclic amines) is 1. The van der Waals surface area contributed by atoms with Gasteiger partial charge in [0.25, 0.3) is 0 Å². The van der Waals surface area contributed by atoms with Crippen molar-refractivity contribution in [2.75, 3.05) is 6.54 Å². The molecule has 0 bridgehead atoms. The zero-order chi connectivity index (χ0) is 12.6. The van der Waals surface area contributed by atoms with Crippen LogP contribution in [0.15, 0.2) is 11.6 Å². The number of hydrogen-bond acceptors (Lipinski definition) is 3. The van der Waals surface area contributed by atoms with E-state index in [4.69, 9.17) is 5.11 Å². The van der Waals surface area contributed by atoms with Gasteiger partial charge in [-0.25, -0.2) is 0 Å². The number of hydrogen-bond donors (Lipinski definition) is 1. The average molecular weight is 237 g/mol. The molecule has 0 aromatic carbocycles. The Labute approximate surface area is 99.1 Å². The fourth-order valence-corrected chi connectivity index (χ4v) is 2.53. The number of fused-ring (bicyclic) bond motifs is 1. The second-order valence-corrected chi connectivity index (χ2v) is 4.68. The van der Waals surface area contributed by atoms with Gasteiger partial charge >= 0.3 is 5.97 Å². The first-order valence-electron chi connectivity index (χ1n) is 5.73. The van der Waals surface area contributed by atoms with Crippen molar-refractivity contribution in [2.24, 2.45) is 11.8 Å². The van der Waals surface area contributed by atoms with E-state index in [-0.39, 0.29) is 36.6 Å². The lowest BCUT2D eigenvalue weighted by atomic mass is 9.82. The summed E-state index contributed by atoms with van der Waals surface area (Å²) in [7, 11) is 0. The molecule has 1 N–H and O–H groups in total. The Hall–Kier alpha value is -1.65. The van der Waals surface area contributed by atoms with E-state index in [0.29, 0.717) is 12.8 Å². The topological polar surface area (TPSA) is 74.7 Å². The molecule has 2 amide bonds. The maximum atomic E-state index is 12.0. The van der Waals surface area contributed by atoms with Crippen LogP contribution < -0.4 is 0 Å². The maximum Gasteiger partial charge on any atom is 0.305 e. The van der Waals surface area contributed by atoms with Gasteiger partial charge < -0.3 is 5.11 Å². The first kappa shape index (κ1) is 11.8. The SMILES string of the molecule is CC1=CC[C@@H]2C(=O)N(CCC(=O)O)C(=O)[C@H]2C1. The van der Waals surface area contributed by atoms with E-state index in [1.54, 1.807) is 0 Å². The summed E-state index contributed by atoms with van der Waals surface area (Å²) in [4.78, 5) is 35.5. The Morgan fingerprint density at radius 3 is 2.71 bits per heavy atom. The summed E-state index contributed by atoms with van der Waals surface area (Å²) in [6, 6.07) is 0. The minimum Gasteiger partial charge on any atom is -0.481 e. The lowest BCUT2D eigenvalue weighted by molar-refractivity contribution is -0.142. The van der Waals surface area contributed by atoms with Crippen molar-refractivity contribution in [2.45, 2.75) is 26.2 Å². The van der Waals surface area contributed by atoms with Gasteiger partial charge in [0.2, 0.25) is 11.8 Å². The summed E-state index contributed by atoms with van der Waals surface area (Å²) in [5.74, 6) is -1.92. The predicted molar refractivity (Wildman–Crippen MR) is 58.9 cm³/mol. The lowest BCUT2D eigenvalue weighted by Crippen LogP contribution is -2.33. The molecule has 1 aliphatic carbocycles. The van der Waals surface area contributed by atoms with Crippen molar-refractivity contribution in [3.05, 3.63) is 11.6 Å². The number of rotatable bonds is 3. The highest BCUT2D eigenvalue weighted by Crippen LogP contribution is 2.37. The largest absolute Gasteiger partial charge is 0.481 e. The van der Waals surface area contributed by atoms with E-state index in [0.717, 1.165) is 10.5 Å². The molecule has 0 radical (unpaired) electrons. The molecule has 92 valence electrons. The summed E-state index contributed by atoms with van der Waals surface area (Å²) < 4.78 is 0. The summed E-state index contributed by atoms with van der Waals surface area (Å²) >= 11 is 0. The van der Waals surface area contributed by atoms with E-state index in [2.05, 4.69) is 0 Å². The molecule has 2 aliphatic rings. The fraction of sp³-hybridized carbons (Fsp3) is 0.583. The number of amides is 2. The van der Waals surface area contributed by atoms with Gasteiger partial charge in [-0.2, -0.15) is 0 Å². The van der Waals surface area contributed by atoms with Crippen LogP contribution in [0.4, 0.5) is 0 Å². The molecule has 0 aromatic rings. The third-order valence-electron chi connectivity index (χ3n) is 3.46. The minimum absolute atomic E-state index is 0.000945. The van der Waals surface area contributed by atoms with E-state index in [1.165, 1.54) is 0 Å². The number of imide groups is 1. The van der Waals surface area contributed by atoms with Crippen molar-refractivity contribution < 1.29 is 19.5 Å². The van der Waals surface area contributed by atoms with Crippen molar-refractivity contribution in [1.82, 2.24) is 4.90 Å². The van der Waals surface area contributed by atoms with E-state index >= 15 is 0 Å². The van der Waals surface area contributed by atoms with Crippen LogP contribution in [0.25, 0.3) is 0 Å². The van der Waals surface area contributed by atoms with Crippen LogP contribution >= 0.6 is 0 Å². The summed E-state index contributed by atoms with van der Waals surface area (Å²) in [5.41, 5.74) is 1.13. The molecule has 0 aromatic heterocycles. The zero-order valence-corrected chi connectivity index (χ0v) is 9.68. The van der Waals surface area contributed by atoms with E-state index in [1.807, 2.05) is 13.0 Å². The number of carbonyl (C=O) groups is 3. The molecular formula is C12H15NO4. The number of carboxylic acid groups (broad SMARTS) is 1. The van der Waals surface area contributed by atoms with Crippen LogP contribution in [-0.4, -0.2) is 34.3 Å². The number of carboxylic acids is 1. The third-order valence-corrected chi connectivity index (χ3v) is 3.46. The first-order chi connectivity index (χ1) is 8.00. The molecule has 1 aliphatic heterocycles. The molecule has 2 rings (SSSR count). The van der Waals surface area contributed by atoms with E-state index in [9.17, 15) is 14.4 Å². The third kappa shape index (κ3) is 2.09. The molecule has 5 nitrogen and oxygen atoms in total. The Morgan fingerprint density at radius 1 is 1.41 bits per heavy atom. The average Bonchev–Trinajstić information content (AvgIpc) is 2.49. The van der Waals surface area contributed by atoms with Crippen molar-refractivity contribution in [3.8, 4) is 0 Å². The standard InChI is InChI=1S/C12H15NO4/c1-7-2-3-8-9(6-7)12(17)13(11(8)16)5-4-10(14)15/h2,8-9H,3-6H2,1H3,(H,14,15)/t8-,9-/m0/s1. The van der Waals surface area contributed by atoms with Crippen LogP contribution in [0.1, 0.15) is 26.2 Å². The van der Waals surface area contributed by atoms with Gasteiger partial charge in [-0.1, -0.05) is 11.6 Å². The summed E-state index contributed by atoms with van der Waals surface area (Å²) in [6.07, 6.45) is 3.04. The number of nitrogens with zero attached hydrogens (tertiary/aromatic N) is 1. The molecule has 2 atom stereocenters. The second-order valence-electron chi connectivity index (χ2n) is 4.68. The minimum atomic E-state index is -0.991. The van der Waals surface area contributed by atoms with Crippen LogP contribution in [-0.2, 0) is 14.4 Å². The molecule has 5 heteroatoms. The van der Waals surface area contributed by atoms with Crippen LogP contribution in [0.5, 0.6) is 0 Å². The van der Waals surface area contributed by atoms with Crippen molar-refractivity contribution in [3.63, 3.8) is 0 Å². The smallest absolute Gasteiger partial charge is 0.305 e. The molecule has 1 heterocycles. The van der Waals surface area contributed by atoms with Crippen molar-refractivity contribution in [1.29, 1.82) is 0 Å². The van der Waals surface area contributed by atoms with Gasteiger partial charge in [-0.3, -0.25) is 19.3 Å². The van der Waals surface area contributed by atoms with Gasteiger partial charge in [-0.15, -0.1) is 0 Å². The maximum absolute atomic E-state index is 12.0. The Balaban J connectivity index is 2.11. The van der Waals surface area contributed by atoms with Gasteiger partial charge in [0.05, 0.1) is 18.3 Å². The predicted octanol–water partition coefficient (Wildman–Crippen LogP) is 0.802. The van der Waals surface area contributed by atoms with Gasteiger partial charge in [0, 0.05) is 6.54 Å². The highest BCUT2D eigenvalue weighted by molar-refractivity contribution is 6.05. The molecule has 0 unspecified atom stereocenters. The van der Waals surface area contributed by atoms with Crippen LogP contribution in [0.3, 0.4) is 0 Å². The zero-order valence-electron chi connectivity index (χ0n) is 9.68. The quantitative estimate of drug-likeness (QED) is 0.582. The van der Waals surface area contributed by atoms with Gasteiger partial charge in [0.1, 0.15) is 0 Å². The fourth-order valence-electron chi connectivity index (χ4n) is 2.53. The molecule has 0 saturated carbocycles. The number of carbonyl (C=O) groups excluding carboxylic acids is 2. The normalized spacial score (nSPS) is 28.1. The molecule has 1 saturated heterocycles. The Bertz CT molecular complexity index is 413. The summed E-state index contributed by atoms with van der Waals surface area (Å²) in [5, 5.41) is 8.59. The highest BCUT2D eigenvalue weighted by atomic mass is 16.4. The Morgan fingerprint density at radius 2 is 2.06 bits per heavy atom. The monoisotopic (exact) mass is 237 g/mol. The van der Waals surface area contributed by atoms with Crippen molar-refractivity contribution >= 4 is 17.8 Å². The molecule has 17 heavy (non-hydrogen) atoms. The number of allylic oxidation sites excluding steroid dienone is 2. The highest BCUT2D eigenvalue weighted by Gasteiger charge is 2.47. The molecule has 1 fully saturated rings. The molecule has 0 spiro atoms. The van der Waals surface area contributed by atoms with E-state index < -0.39 is 5.97 Å². The second kappa shape index (κ2) is 4.31.